The molecule has 4 heterocycles. The lowest BCUT2D eigenvalue weighted by molar-refractivity contribution is 0.0997. The van der Waals surface area contributed by atoms with Gasteiger partial charge in [-0.3, -0.25) is 28.5 Å². The lowest BCUT2D eigenvalue weighted by atomic mass is 10.2. The van der Waals surface area contributed by atoms with Gasteiger partial charge in [0.05, 0.1) is 5.56 Å². The molecule has 0 saturated heterocycles. The first-order chi connectivity index (χ1) is 16.9. The van der Waals surface area contributed by atoms with Crippen LogP contribution in [0.5, 0.6) is 0 Å². The van der Waals surface area contributed by atoms with Crippen molar-refractivity contribution in [3.05, 3.63) is 68.8 Å². The van der Waals surface area contributed by atoms with Gasteiger partial charge < -0.3 is 16.0 Å². The molecule has 12 nitrogen and oxygen atoms in total. The molecule has 1 fully saturated rings. The minimum atomic E-state index is -0.614. The smallest absolute Gasteiger partial charge is 0.333 e. The number of nitrogens with two attached hydrogens (primary N) is 1. The Labute approximate surface area is 197 Å². The van der Waals surface area contributed by atoms with E-state index in [-0.39, 0.29) is 39.9 Å². The standard InChI is InChI=1S/C23H22N8O4/c1-2-9-30-20-17(22(34)31(23(30)35)14-5-6-14)28-19(29-20)13-3-7-15(25-11-13)21(33)27-16-8-4-12(10-26-16)18(24)32/h3-4,7-8,10-11,14H,2,5-6,9H2,1H3,(H2,24,32)(H,28,29)(H,26,27,33). The SMILES string of the molecule is CCCn1c(=O)n(C2CC2)c(=O)c2[nH]c(-c3ccc(C(=O)Nc4ccc(C(N)=O)cn4)nc3)nc21. The normalized spacial score (nSPS) is 13.2. The molecule has 4 aromatic rings. The summed E-state index contributed by atoms with van der Waals surface area (Å²) >= 11 is 0. The summed E-state index contributed by atoms with van der Waals surface area (Å²) in [5.74, 6) is -0.497. The number of aromatic nitrogens is 6. The van der Waals surface area contributed by atoms with Gasteiger partial charge in [-0.2, -0.15) is 0 Å². The molecule has 0 radical (unpaired) electrons. The molecule has 4 N–H and O–H groups in total. The minimum absolute atomic E-state index is 0.0600. The molecule has 0 unspecified atom stereocenters. The Morgan fingerprint density at radius 2 is 1.94 bits per heavy atom. The zero-order valence-electron chi connectivity index (χ0n) is 18.8. The number of aryl methyl sites for hydroxylation is 1. The summed E-state index contributed by atoms with van der Waals surface area (Å²) in [6.07, 6.45) is 5.06. The van der Waals surface area contributed by atoms with Crippen molar-refractivity contribution in [3.63, 3.8) is 0 Å². The summed E-state index contributed by atoms with van der Waals surface area (Å²) in [6.45, 7) is 2.40. The van der Waals surface area contributed by atoms with E-state index in [0.717, 1.165) is 12.8 Å². The zero-order valence-corrected chi connectivity index (χ0v) is 18.8. The third-order valence-electron chi connectivity index (χ3n) is 5.73. The number of pyridine rings is 2. The third kappa shape index (κ3) is 4.09. The highest BCUT2D eigenvalue weighted by Gasteiger charge is 2.30. The second kappa shape index (κ2) is 8.63. The second-order valence-electron chi connectivity index (χ2n) is 8.31. The first kappa shape index (κ1) is 22.2. The van der Waals surface area contributed by atoms with Gasteiger partial charge in [-0.05, 0) is 43.5 Å². The predicted molar refractivity (Wildman–Crippen MR) is 127 cm³/mol. The maximum absolute atomic E-state index is 13.0. The summed E-state index contributed by atoms with van der Waals surface area (Å²) < 4.78 is 2.84. The molecule has 1 aliphatic carbocycles. The molecule has 0 spiro atoms. The fourth-order valence-corrected chi connectivity index (χ4v) is 3.82. The Hall–Kier alpha value is -4.61. The van der Waals surface area contributed by atoms with Crippen molar-refractivity contribution in [2.45, 2.75) is 38.8 Å². The van der Waals surface area contributed by atoms with E-state index in [1.807, 2.05) is 6.92 Å². The Bertz CT molecular complexity index is 1560. The number of carbonyl (C=O) groups excluding carboxylic acids is 2. The van der Waals surface area contributed by atoms with Gasteiger partial charge in [-0.25, -0.2) is 14.8 Å². The van der Waals surface area contributed by atoms with Gasteiger partial charge in [0.15, 0.2) is 5.65 Å². The van der Waals surface area contributed by atoms with E-state index in [1.54, 1.807) is 6.07 Å². The number of anilines is 1. The lowest BCUT2D eigenvalue weighted by Gasteiger charge is -2.09. The lowest BCUT2D eigenvalue weighted by Crippen LogP contribution is -2.39. The predicted octanol–water partition coefficient (Wildman–Crippen LogP) is 1.44. The minimum Gasteiger partial charge on any atom is -0.366 e. The highest BCUT2D eigenvalue weighted by atomic mass is 16.2. The number of amides is 2. The number of carbonyl (C=O) groups is 2. The number of nitrogens with one attached hydrogen (secondary N) is 2. The zero-order chi connectivity index (χ0) is 24.7. The largest absolute Gasteiger partial charge is 0.366 e. The molecule has 5 rings (SSSR count). The van der Waals surface area contributed by atoms with Crippen LogP contribution >= 0.6 is 0 Å². The van der Waals surface area contributed by atoms with E-state index in [0.29, 0.717) is 30.0 Å². The summed E-state index contributed by atoms with van der Waals surface area (Å²) in [5.41, 5.74) is 5.95. The fraction of sp³-hybridized carbons (Fsp3) is 0.261. The number of rotatable bonds is 7. The van der Waals surface area contributed by atoms with Gasteiger partial charge in [0.1, 0.15) is 22.9 Å². The van der Waals surface area contributed by atoms with E-state index >= 15 is 0 Å². The molecule has 0 atom stereocenters. The molecular weight excluding hydrogens is 452 g/mol. The van der Waals surface area contributed by atoms with Crippen molar-refractivity contribution in [2.75, 3.05) is 5.32 Å². The van der Waals surface area contributed by atoms with Crippen LogP contribution in [0, 0.1) is 0 Å². The molecule has 1 saturated carbocycles. The maximum atomic E-state index is 13.0. The van der Waals surface area contributed by atoms with Gasteiger partial charge in [-0.15, -0.1) is 0 Å². The van der Waals surface area contributed by atoms with E-state index in [9.17, 15) is 19.2 Å². The summed E-state index contributed by atoms with van der Waals surface area (Å²) in [5, 5.41) is 2.59. The molecule has 0 aromatic carbocycles. The maximum Gasteiger partial charge on any atom is 0.333 e. The number of nitrogens with zero attached hydrogens (tertiary/aromatic N) is 5. The van der Waals surface area contributed by atoms with Crippen LogP contribution in [-0.4, -0.2) is 40.9 Å². The quantitative estimate of drug-likeness (QED) is 0.364. The Morgan fingerprint density at radius 1 is 1.14 bits per heavy atom. The van der Waals surface area contributed by atoms with Crippen molar-refractivity contribution in [1.29, 1.82) is 0 Å². The van der Waals surface area contributed by atoms with Crippen LogP contribution in [-0.2, 0) is 6.54 Å². The number of fused-ring (bicyclic) bond motifs is 1. The van der Waals surface area contributed by atoms with Crippen LogP contribution in [0.1, 0.15) is 53.1 Å². The molecule has 0 aliphatic heterocycles. The van der Waals surface area contributed by atoms with Gasteiger partial charge in [-0.1, -0.05) is 6.92 Å². The number of hydrogen-bond donors (Lipinski definition) is 3. The molecule has 12 heteroatoms. The van der Waals surface area contributed by atoms with E-state index in [1.165, 1.54) is 39.7 Å². The first-order valence-corrected chi connectivity index (χ1v) is 11.2. The number of hydrogen-bond acceptors (Lipinski definition) is 7. The van der Waals surface area contributed by atoms with Crippen molar-refractivity contribution in [1.82, 2.24) is 29.1 Å². The van der Waals surface area contributed by atoms with Crippen LogP contribution in [0.4, 0.5) is 5.82 Å². The number of aromatic amines is 1. The molecule has 1 aliphatic rings. The third-order valence-corrected chi connectivity index (χ3v) is 5.73. The molecule has 35 heavy (non-hydrogen) atoms. The van der Waals surface area contributed by atoms with E-state index < -0.39 is 11.8 Å². The van der Waals surface area contributed by atoms with Crippen LogP contribution in [0.25, 0.3) is 22.6 Å². The van der Waals surface area contributed by atoms with Crippen LogP contribution in [0.2, 0.25) is 0 Å². The van der Waals surface area contributed by atoms with Crippen LogP contribution in [0.3, 0.4) is 0 Å². The first-order valence-electron chi connectivity index (χ1n) is 11.2. The van der Waals surface area contributed by atoms with Crippen molar-refractivity contribution in [2.24, 2.45) is 5.73 Å². The van der Waals surface area contributed by atoms with Crippen molar-refractivity contribution in [3.8, 4) is 11.4 Å². The topological polar surface area (TPSA) is 171 Å². The second-order valence-corrected chi connectivity index (χ2v) is 8.31. The van der Waals surface area contributed by atoms with Gasteiger partial charge in [0, 0.05) is 30.5 Å². The summed E-state index contributed by atoms with van der Waals surface area (Å²) in [4.78, 5) is 65.3. The van der Waals surface area contributed by atoms with Gasteiger partial charge in [0.25, 0.3) is 11.5 Å². The van der Waals surface area contributed by atoms with Crippen molar-refractivity contribution >= 4 is 28.8 Å². The monoisotopic (exact) mass is 474 g/mol. The average molecular weight is 474 g/mol. The molecule has 2 amide bonds. The van der Waals surface area contributed by atoms with Gasteiger partial charge >= 0.3 is 5.69 Å². The Kier molecular flexibility index (Phi) is 5.47. The van der Waals surface area contributed by atoms with E-state index in [2.05, 4.69) is 25.3 Å². The van der Waals surface area contributed by atoms with E-state index in [4.69, 9.17) is 5.73 Å². The van der Waals surface area contributed by atoms with Gasteiger partial charge in [0.2, 0.25) is 5.91 Å². The highest BCUT2D eigenvalue weighted by molar-refractivity contribution is 6.02. The molecule has 178 valence electrons. The number of H-pyrrole nitrogens is 1. The average Bonchev–Trinajstić information content (AvgIpc) is 3.58. The molecule has 0 bridgehead atoms. The summed E-state index contributed by atoms with van der Waals surface area (Å²) in [6, 6.07) is 6.01. The van der Waals surface area contributed by atoms with Crippen molar-refractivity contribution < 1.29 is 9.59 Å². The molecular formula is C23H22N8O4. The number of imidazole rings is 1. The highest BCUT2D eigenvalue weighted by Crippen LogP contribution is 2.32. The van der Waals surface area contributed by atoms with Crippen LogP contribution < -0.4 is 22.3 Å². The molecule has 4 aromatic heterocycles. The fourth-order valence-electron chi connectivity index (χ4n) is 3.82. The Balaban J connectivity index is 1.43. The number of primary amides is 1. The summed E-state index contributed by atoms with van der Waals surface area (Å²) in [7, 11) is 0. The Morgan fingerprint density at radius 3 is 2.54 bits per heavy atom. The van der Waals surface area contributed by atoms with Crippen LogP contribution in [0.15, 0.2) is 46.2 Å².